The molecule has 5 heteroatoms. The number of hydrogen-bond acceptors (Lipinski definition) is 2. The van der Waals surface area contributed by atoms with Crippen LogP contribution in [0.2, 0.25) is 0 Å². The van der Waals surface area contributed by atoms with E-state index in [-0.39, 0.29) is 18.0 Å². The topological polar surface area (TPSA) is 69.6 Å². The van der Waals surface area contributed by atoms with Gasteiger partial charge in [-0.3, -0.25) is 4.79 Å². The predicted octanol–water partition coefficient (Wildman–Crippen LogP) is 2.46. The van der Waals surface area contributed by atoms with E-state index in [0.29, 0.717) is 18.8 Å². The van der Waals surface area contributed by atoms with E-state index in [0.717, 1.165) is 32.4 Å². The van der Waals surface area contributed by atoms with Crippen LogP contribution >= 0.6 is 0 Å². The van der Waals surface area contributed by atoms with Crippen molar-refractivity contribution in [3.63, 3.8) is 0 Å². The number of aliphatic carboxylic acids is 1. The summed E-state index contributed by atoms with van der Waals surface area (Å²) in [6.07, 6.45) is 6.39. The molecule has 5 nitrogen and oxygen atoms in total. The zero-order valence-electron chi connectivity index (χ0n) is 12.3. The van der Waals surface area contributed by atoms with E-state index < -0.39 is 5.97 Å². The average Bonchev–Trinajstić information content (AvgIpc) is 3.23. The summed E-state index contributed by atoms with van der Waals surface area (Å²) in [5.41, 5.74) is 0. The molecule has 0 saturated heterocycles. The molecule has 114 valence electrons. The van der Waals surface area contributed by atoms with E-state index in [9.17, 15) is 9.59 Å². The zero-order valence-corrected chi connectivity index (χ0v) is 12.3. The lowest BCUT2D eigenvalue weighted by Crippen LogP contribution is -2.47. The normalized spacial score (nSPS) is 26.1. The van der Waals surface area contributed by atoms with Crippen LogP contribution in [0, 0.1) is 11.8 Å². The van der Waals surface area contributed by atoms with Gasteiger partial charge in [-0.05, 0) is 50.9 Å². The molecule has 0 radical (unpaired) electrons. The number of nitrogens with zero attached hydrogens (tertiary/aromatic N) is 1. The van der Waals surface area contributed by atoms with Crippen molar-refractivity contribution in [1.29, 1.82) is 0 Å². The van der Waals surface area contributed by atoms with Gasteiger partial charge < -0.3 is 15.3 Å². The van der Waals surface area contributed by atoms with Crippen LogP contribution in [0.25, 0.3) is 0 Å². The predicted molar refractivity (Wildman–Crippen MR) is 76.5 cm³/mol. The summed E-state index contributed by atoms with van der Waals surface area (Å²) in [4.78, 5) is 25.1. The summed E-state index contributed by atoms with van der Waals surface area (Å²) in [5, 5.41) is 12.1. The number of nitrogens with one attached hydrogen (secondary N) is 1. The molecule has 0 aromatic heterocycles. The van der Waals surface area contributed by atoms with Crippen molar-refractivity contribution in [3.05, 3.63) is 0 Å². The molecule has 0 aromatic rings. The van der Waals surface area contributed by atoms with Crippen LogP contribution in [0.1, 0.15) is 51.9 Å². The number of amides is 2. The molecule has 20 heavy (non-hydrogen) atoms. The van der Waals surface area contributed by atoms with E-state index in [2.05, 4.69) is 12.2 Å². The van der Waals surface area contributed by atoms with Gasteiger partial charge in [-0.15, -0.1) is 0 Å². The lowest BCUT2D eigenvalue weighted by Gasteiger charge is -2.30. The Bertz CT molecular complexity index is 347. The van der Waals surface area contributed by atoms with E-state index >= 15 is 0 Å². The summed E-state index contributed by atoms with van der Waals surface area (Å²) in [7, 11) is 0. The number of carbonyl (C=O) groups is 2. The minimum absolute atomic E-state index is 0.0394. The second-order valence-electron chi connectivity index (χ2n) is 6.23. The first-order valence-corrected chi connectivity index (χ1v) is 7.88. The molecule has 0 heterocycles. The quantitative estimate of drug-likeness (QED) is 0.786. The molecule has 0 unspecified atom stereocenters. The Kier molecular flexibility index (Phi) is 5.26. The van der Waals surface area contributed by atoms with Gasteiger partial charge in [0.25, 0.3) is 0 Å². The molecular formula is C15H26N2O3. The third-order valence-electron chi connectivity index (χ3n) is 4.36. The monoisotopic (exact) mass is 282 g/mol. The maximum Gasteiger partial charge on any atom is 0.317 e. The van der Waals surface area contributed by atoms with Gasteiger partial charge in [-0.1, -0.05) is 6.92 Å². The fourth-order valence-corrected chi connectivity index (χ4v) is 2.91. The Balaban J connectivity index is 1.76. The summed E-state index contributed by atoms with van der Waals surface area (Å²) in [6, 6.07) is 0.189. The van der Waals surface area contributed by atoms with Crippen LogP contribution in [0.3, 0.4) is 0 Å². The average molecular weight is 282 g/mol. The Labute approximate surface area is 120 Å². The second kappa shape index (κ2) is 6.95. The molecule has 0 spiro atoms. The minimum Gasteiger partial charge on any atom is -0.481 e. The zero-order chi connectivity index (χ0) is 14.5. The molecule has 0 atom stereocenters. The fourth-order valence-electron chi connectivity index (χ4n) is 2.91. The standard InChI is InChI=1S/C15H26N2O3/c1-2-9-17(10-11-3-4-11)15(20)16-13-7-5-12(6-8-13)14(18)19/h11-13H,2-10H2,1H3,(H,16,20)(H,18,19). The van der Waals surface area contributed by atoms with Crippen LogP contribution in [0.4, 0.5) is 4.79 Å². The van der Waals surface area contributed by atoms with Gasteiger partial charge in [0.05, 0.1) is 5.92 Å². The van der Waals surface area contributed by atoms with E-state index in [4.69, 9.17) is 5.11 Å². The van der Waals surface area contributed by atoms with Crippen molar-refractivity contribution in [1.82, 2.24) is 10.2 Å². The van der Waals surface area contributed by atoms with Crippen LogP contribution in [0.5, 0.6) is 0 Å². The van der Waals surface area contributed by atoms with Crippen molar-refractivity contribution in [2.24, 2.45) is 11.8 Å². The molecule has 2 aliphatic carbocycles. The number of hydrogen-bond donors (Lipinski definition) is 2. The largest absolute Gasteiger partial charge is 0.481 e. The van der Waals surface area contributed by atoms with Crippen molar-refractivity contribution in [2.45, 2.75) is 57.9 Å². The molecule has 0 bridgehead atoms. The van der Waals surface area contributed by atoms with Gasteiger partial charge in [0.1, 0.15) is 0 Å². The fraction of sp³-hybridized carbons (Fsp3) is 0.867. The van der Waals surface area contributed by atoms with Gasteiger partial charge in [0.15, 0.2) is 0 Å². The molecule has 2 saturated carbocycles. The van der Waals surface area contributed by atoms with Crippen LogP contribution in [-0.4, -0.2) is 41.1 Å². The summed E-state index contributed by atoms with van der Waals surface area (Å²) in [5.74, 6) is -0.215. The van der Waals surface area contributed by atoms with Gasteiger partial charge in [-0.2, -0.15) is 0 Å². The second-order valence-corrected chi connectivity index (χ2v) is 6.23. The van der Waals surface area contributed by atoms with Gasteiger partial charge >= 0.3 is 12.0 Å². The summed E-state index contributed by atoms with van der Waals surface area (Å²) in [6.45, 7) is 3.78. The number of carbonyl (C=O) groups excluding carboxylic acids is 1. The Morgan fingerprint density at radius 3 is 2.30 bits per heavy atom. The molecule has 2 aliphatic rings. The van der Waals surface area contributed by atoms with Crippen molar-refractivity contribution in [2.75, 3.05) is 13.1 Å². The highest BCUT2D eigenvalue weighted by atomic mass is 16.4. The minimum atomic E-state index is -0.698. The number of urea groups is 1. The van der Waals surface area contributed by atoms with Crippen molar-refractivity contribution < 1.29 is 14.7 Å². The van der Waals surface area contributed by atoms with Crippen LogP contribution < -0.4 is 5.32 Å². The molecule has 2 N–H and O–H groups in total. The smallest absolute Gasteiger partial charge is 0.317 e. The number of carboxylic acid groups (broad SMARTS) is 1. The Morgan fingerprint density at radius 1 is 1.15 bits per heavy atom. The maximum atomic E-state index is 12.3. The van der Waals surface area contributed by atoms with Crippen molar-refractivity contribution >= 4 is 12.0 Å². The first-order valence-electron chi connectivity index (χ1n) is 7.88. The Morgan fingerprint density at radius 2 is 1.80 bits per heavy atom. The highest BCUT2D eigenvalue weighted by Crippen LogP contribution is 2.30. The number of rotatable bonds is 6. The lowest BCUT2D eigenvalue weighted by molar-refractivity contribution is -0.142. The first kappa shape index (κ1) is 15.1. The van der Waals surface area contributed by atoms with Gasteiger partial charge in [-0.25, -0.2) is 4.79 Å². The van der Waals surface area contributed by atoms with Crippen LogP contribution in [0.15, 0.2) is 0 Å². The third kappa shape index (κ3) is 4.39. The molecule has 2 rings (SSSR count). The van der Waals surface area contributed by atoms with E-state index in [1.165, 1.54) is 12.8 Å². The highest BCUT2D eigenvalue weighted by molar-refractivity contribution is 5.74. The molecule has 0 aromatic carbocycles. The third-order valence-corrected chi connectivity index (χ3v) is 4.36. The molecule has 0 aliphatic heterocycles. The maximum absolute atomic E-state index is 12.3. The van der Waals surface area contributed by atoms with Gasteiger partial charge in [0.2, 0.25) is 0 Å². The Hall–Kier alpha value is -1.26. The number of carboxylic acids is 1. The van der Waals surface area contributed by atoms with E-state index in [1.54, 1.807) is 0 Å². The molecule has 2 amide bonds. The lowest BCUT2D eigenvalue weighted by atomic mass is 9.86. The first-order chi connectivity index (χ1) is 9.60. The highest BCUT2D eigenvalue weighted by Gasteiger charge is 2.29. The molecule has 2 fully saturated rings. The van der Waals surface area contributed by atoms with Gasteiger partial charge in [0, 0.05) is 19.1 Å². The van der Waals surface area contributed by atoms with Crippen LogP contribution in [-0.2, 0) is 4.79 Å². The molecular weight excluding hydrogens is 256 g/mol. The SMILES string of the molecule is CCCN(CC1CC1)C(=O)NC1CCC(C(=O)O)CC1. The summed E-state index contributed by atoms with van der Waals surface area (Å²) >= 11 is 0. The van der Waals surface area contributed by atoms with E-state index in [1.807, 2.05) is 4.90 Å². The van der Waals surface area contributed by atoms with Crippen molar-refractivity contribution in [3.8, 4) is 0 Å². The summed E-state index contributed by atoms with van der Waals surface area (Å²) < 4.78 is 0.